The summed E-state index contributed by atoms with van der Waals surface area (Å²) in [5.74, 6) is 0.665. The van der Waals surface area contributed by atoms with Gasteiger partial charge in [-0.2, -0.15) is 11.8 Å². The average Bonchev–Trinajstić information content (AvgIpc) is 2.86. The molecule has 2 N–H and O–H groups in total. The van der Waals surface area contributed by atoms with E-state index < -0.39 is 23.8 Å². The maximum absolute atomic E-state index is 14.5. The molecular formula is C32H55N3O4S. The number of ether oxygens (including phenoxy) is 1. The molecule has 228 valence electrons. The second-order valence-corrected chi connectivity index (χ2v) is 13.2. The van der Waals surface area contributed by atoms with Crippen molar-refractivity contribution < 1.29 is 19.1 Å². The van der Waals surface area contributed by atoms with Crippen LogP contribution in [0, 0.1) is 5.92 Å². The molecule has 0 spiro atoms. The molecule has 3 amide bonds. The highest BCUT2D eigenvalue weighted by Gasteiger charge is 2.39. The number of carbonyl (C=O) groups excluding carboxylic acids is 3. The van der Waals surface area contributed by atoms with Crippen LogP contribution >= 0.6 is 11.8 Å². The van der Waals surface area contributed by atoms with Crippen molar-refractivity contribution in [3.8, 4) is 0 Å². The molecule has 1 aromatic rings. The largest absolute Gasteiger partial charge is 0.444 e. The van der Waals surface area contributed by atoms with Crippen molar-refractivity contribution in [2.24, 2.45) is 5.92 Å². The average molecular weight is 578 g/mol. The molecule has 0 aliphatic rings. The van der Waals surface area contributed by atoms with Gasteiger partial charge in [0.15, 0.2) is 0 Å². The summed E-state index contributed by atoms with van der Waals surface area (Å²) in [5, 5.41) is 6.00. The van der Waals surface area contributed by atoms with Crippen LogP contribution in [-0.4, -0.2) is 58.5 Å². The van der Waals surface area contributed by atoms with Crippen molar-refractivity contribution in [2.45, 2.75) is 131 Å². The van der Waals surface area contributed by atoms with Crippen LogP contribution in [0.2, 0.25) is 0 Å². The van der Waals surface area contributed by atoms with E-state index in [4.69, 9.17) is 4.74 Å². The summed E-state index contributed by atoms with van der Waals surface area (Å²) in [6.07, 6.45) is 6.10. The fourth-order valence-corrected chi connectivity index (χ4v) is 5.11. The lowest BCUT2D eigenvalue weighted by Crippen LogP contribution is -2.56. The van der Waals surface area contributed by atoms with Gasteiger partial charge in [-0.3, -0.25) is 9.59 Å². The van der Waals surface area contributed by atoms with Crippen LogP contribution in [0.15, 0.2) is 24.3 Å². The SMILES string of the molecule is CCCC(C)NC(=O)C(c1ccc(CC)cc1)N(C(=O)C(CCSC)NC(=O)OC(C)(C)C)C(C)CCC(C)C. The van der Waals surface area contributed by atoms with Crippen LogP contribution < -0.4 is 10.6 Å². The maximum atomic E-state index is 14.5. The third-order valence-corrected chi connectivity index (χ3v) is 7.48. The third kappa shape index (κ3) is 12.5. The van der Waals surface area contributed by atoms with Gasteiger partial charge in [-0.05, 0) is 95.8 Å². The molecule has 0 aliphatic carbocycles. The zero-order valence-electron chi connectivity index (χ0n) is 26.6. The van der Waals surface area contributed by atoms with Gasteiger partial charge in [-0.1, -0.05) is 58.4 Å². The Bertz CT molecular complexity index is 914. The number of aryl methyl sites for hydroxylation is 1. The minimum absolute atomic E-state index is 0.0231. The molecular weight excluding hydrogens is 522 g/mol. The van der Waals surface area contributed by atoms with E-state index in [1.165, 1.54) is 0 Å². The van der Waals surface area contributed by atoms with Crippen LogP contribution in [0.5, 0.6) is 0 Å². The zero-order chi connectivity index (χ0) is 30.5. The van der Waals surface area contributed by atoms with E-state index in [2.05, 4.69) is 38.3 Å². The molecule has 0 bridgehead atoms. The second-order valence-electron chi connectivity index (χ2n) is 12.2. The molecule has 4 atom stereocenters. The molecule has 0 saturated carbocycles. The molecule has 0 aromatic heterocycles. The number of carbonyl (C=O) groups is 3. The summed E-state index contributed by atoms with van der Waals surface area (Å²) in [6.45, 7) is 17.9. The molecule has 40 heavy (non-hydrogen) atoms. The topological polar surface area (TPSA) is 87.7 Å². The van der Waals surface area contributed by atoms with Gasteiger partial charge in [-0.25, -0.2) is 4.79 Å². The first-order valence-corrected chi connectivity index (χ1v) is 16.3. The van der Waals surface area contributed by atoms with Gasteiger partial charge in [0.2, 0.25) is 11.8 Å². The first-order valence-electron chi connectivity index (χ1n) is 14.9. The third-order valence-electron chi connectivity index (χ3n) is 6.83. The molecule has 0 aliphatic heterocycles. The number of hydrogen-bond acceptors (Lipinski definition) is 5. The zero-order valence-corrected chi connectivity index (χ0v) is 27.5. The number of rotatable bonds is 16. The Balaban J connectivity index is 3.62. The highest BCUT2D eigenvalue weighted by atomic mass is 32.2. The van der Waals surface area contributed by atoms with Crippen molar-refractivity contribution in [1.82, 2.24) is 15.5 Å². The van der Waals surface area contributed by atoms with E-state index in [1.54, 1.807) is 37.4 Å². The molecule has 0 saturated heterocycles. The van der Waals surface area contributed by atoms with E-state index in [0.717, 1.165) is 43.2 Å². The summed E-state index contributed by atoms with van der Waals surface area (Å²) < 4.78 is 5.51. The smallest absolute Gasteiger partial charge is 0.408 e. The lowest BCUT2D eigenvalue weighted by atomic mass is 9.95. The molecule has 1 aromatic carbocycles. The van der Waals surface area contributed by atoms with Gasteiger partial charge < -0.3 is 20.3 Å². The number of nitrogens with one attached hydrogen (secondary N) is 2. The highest BCUT2D eigenvalue weighted by molar-refractivity contribution is 7.98. The summed E-state index contributed by atoms with van der Waals surface area (Å²) in [5.41, 5.74) is 1.24. The number of thioether (sulfide) groups is 1. The van der Waals surface area contributed by atoms with Crippen molar-refractivity contribution in [3.63, 3.8) is 0 Å². The van der Waals surface area contributed by atoms with Gasteiger partial charge >= 0.3 is 6.09 Å². The van der Waals surface area contributed by atoms with Crippen LogP contribution in [0.4, 0.5) is 4.79 Å². The molecule has 7 nitrogen and oxygen atoms in total. The van der Waals surface area contributed by atoms with Crippen molar-refractivity contribution in [3.05, 3.63) is 35.4 Å². The fourth-order valence-electron chi connectivity index (χ4n) is 4.64. The van der Waals surface area contributed by atoms with Gasteiger partial charge in [0.25, 0.3) is 0 Å². The standard InChI is InChI=1S/C32H55N3O4S/c1-11-13-23(5)33-29(36)28(26-18-16-25(12-2)17-19-26)35(24(6)15-14-22(3)4)30(37)27(20-21-40-10)34-31(38)39-32(7,8)9/h16-19,22-24,27-28H,11-15,20-21H2,1-10H3,(H,33,36)(H,34,38). The molecule has 4 unspecified atom stereocenters. The Morgan fingerprint density at radius 3 is 2.05 bits per heavy atom. The molecule has 1 rings (SSSR count). The van der Waals surface area contributed by atoms with E-state index in [9.17, 15) is 14.4 Å². The Hall–Kier alpha value is -2.22. The quantitative estimate of drug-likeness (QED) is 0.223. The normalized spacial score (nSPS) is 14.7. The Labute approximate surface area is 248 Å². The predicted molar refractivity (Wildman–Crippen MR) is 168 cm³/mol. The number of hydrogen-bond donors (Lipinski definition) is 2. The maximum Gasteiger partial charge on any atom is 0.408 e. The number of alkyl carbamates (subject to hydrolysis) is 1. The Morgan fingerprint density at radius 2 is 1.55 bits per heavy atom. The summed E-state index contributed by atoms with van der Waals surface area (Å²) in [6, 6.07) is 6.08. The van der Waals surface area contributed by atoms with Crippen molar-refractivity contribution in [1.29, 1.82) is 0 Å². The van der Waals surface area contributed by atoms with E-state index >= 15 is 0 Å². The second kappa shape index (κ2) is 17.6. The first-order chi connectivity index (χ1) is 18.7. The Kier molecular flexibility index (Phi) is 15.7. The highest BCUT2D eigenvalue weighted by Crippen LogP contribution is 2.29. The molecule has 0 radical (unpaired) electrons. The van der Waals surface area contributed by atoms with Crippen LogP contribution in [0.1, 0.15) is 112 Å². The predicted octanol–water partition coefficient (Wildman–Crippen LogP) is 6.89. The lowest BCUT2D eigenvalue weighted by molar-refractivity contribution is -0.145. The summed E-state index contributed by atoms with van der Waals surface area (Å²) >= 11 is 1.61. The van der Waals surface area contributed by atoms with E-state index in [-0.39, 0.29) is 23.9 Å². The van der Waals surface area contributed by atoms with E-state index in [1.807, 2.05) is 44.4 Å². The number of amides is 3. The van der Waals surface area contributed by atoms with Crippen LogP contribution in [-0.2, 0) is 20.7 Å². The molecule has 0 fully saturated rings. The van der Waals surface area contributed by atoms with Crippen molar-refractivity contribution >= 4 is 29.7 Å². The van der Waals surface area contributed by atoms with Crippen LogP contribution in [0.3, 0.4) is 0 Å². The minimum Gasteiger partial charge on any atom is -0.444 e. The van der Waals surface area contributed by atoms with Gasteiger partial charge in [0.1, 0.15) is 17.7 Å². The fraction of sp³-hybridized carbons (Fsp3) is 0.719. The first kappa shape index (κ1) is 35.8. The summed E-state index contributed by atoms with van der Waals surface area (Å²) in [4.78, 5) is 43.0. The molecule has 0 heterocycles. The monoisotopic (exact) mass is 577 g/mol. The molecule has 8 heteroatoms. The lowest BCUT2D eigenvalue weighted by Gasteiger charge is -2.39. The number of nitrogens with zero attached hydrogens (tertiary/aromatic N) is 1. The van der Waals surface area contributed by atoms with Gasteiger partial charge in [0, 0.05) is 12.1 Å². The van der Waals surface area contributed by atoms with Crippen molar-refractivity contribution in [2.75, 3.05) is 12.0 Å². The minimum atomic E-state index is -0.822. The number of benzene rings is 1. The summed E-state index contributed by atoms with van der Waals surface area (Å²) in [7, 11) is 0. The Morgan fingerprint density at radius 1 is 0.925 bits per heavy atom. The van der Waals surface area contributed by atoms with E-state index in [0.29, 0.717) is 18.1 Å². The van der Waals surface area contributed by atoms with Crippen LogP contribution in [0.25, 0.3) is 0 Å². The van der Waals surface area contributed by atoms with Gasteiger partial charge in [0.05, 0.1) is 0 Å². The van der Waals surface area contributed by atoms with Gasteiger partial charge in [-0.15, -0.1) is 0 Å².